The van der Waals surface area contributed by atoms with Gasteiger partial charge in [-0.25, -0.2) is 13.4 Å². The molecule has 1 aromatic carbocycles. The molecule has 0 aliphatic rings. The molecular weight excluding hydrogens is 599 g/mol. The molecule has 0 fully saturated rings. The van der Waals surface area contributed by atoms with Gasteiger partial charge in [0.1, 0.15) is 22.9 Å². The zero-order chi connectivity index (χ0) is 32.8. The van der Waals surface area contributed by atoms with Crippen LogP contribution in [-0.4, -0.2) is 69.3 Å². The van der Waals surface area contributed by atoms with E-state index in [2.05, 4.69) is 56.8 Å². The van der Waals surface area contributed by atoms with Crippen LogP contribution in [0.3, 0.4) is 0 Å². The normalized spacial score (nSPS) is 13.1. The SMILES string of the molecule is CC(C)Oc1cc(Oc2ccc(S(C)(=O)=O)nc2)cc(-c2ccc(C(=O)NC[C@H](O)CO[Si](C(C)C)(C(C)C)C(C)C)[nH]2)c1. The van der Waals surface area contributed by atoms with Gasteiger partial charge in [0.15, 0.2) is 23.2 Å². The van der Waals surface area contributed by atoms with Crippen LogP contribution in [0.2, 0.25) is 16.6 Å². The maximum atomic E-state index is 13.0. The van der Waals surface area contributed by atoms with Gasteiger partial charge in [0.2, 0.25) is 0 Å². The average molecular weight is 646 g/mol. The van der Waals surface area contributed by atoms with Crippen LogP contribution in [0, 0.1) is 0 Å². The van der Waals surface area contributed by atoms with Crippen molar-refractivity contribution in [3.05, 3.63) is 54.4 Å². The van der Waals surface area contributed by atoms with Crippen molar-refractivity contribution in [3.8, 4) is 28.5 Å². The third kappa shape index (κ3) is 8.93. The van der Waals surface area contributed by atoms with E-state index in [1.807, 2.05) is 19.9 Å². The van der Waals surface area contributed by atoms with E-state index in [1.54, 1.807) is 24.3 Å². The van der Waals surface area contributed by atoms with E-state index in [1.165, 1.54) is 18.3 Å². The summed E-state index contributed by atoms with van der Waals surface area (Å²) in [5.41, 5.74) is 2.90. The van der Waals surface area contributed by atoms with Gasteiger partial charge in [-0.15, -0.1) is 0 Å². The third-order valence-corrected chi connectivity index (χ3v) is 14.6. The number of carbonyl (C=O) groups excluding carboxylic acids is 1. The molecule has 10 nitrogen and oxygen atoms in total. The first-order valence-corrected chi connectivity index (χ1v) is 19.0. The van der Waals surface area contributed by atoms with Crippen molar-refractivity contribution in [1.82, 2.24) is 15.3 Å². The monoisotopic (exact) mass is 645 g/mol. The molecule has 0 spiro atoms. The van der Waals surface area contributed by atoms with E-state index >= 15 is 0 Å². The highest BCUT2D eigenvalue weighted by molar-refractivity contribution is 7.90. The van der Waals surface area contributed by atoms with E-state index < -0.39 is 24.3 Å². The highest BCUT2D eigenvalue weighted by Crippen LogP contribution is 2.42. The van der Waals surface area contributed by atoms with Crippen molar-refractivity contribution in [2.24, 2.45) is 0 Å². The molecule has 1 amide bonds. The summed E-state index contributed by atoms with van der Waals surface area (Å²) >= 11 is 0. The van der Waals surface area contributed by atoms with Crippen molar-refractivity contribution >= 4 is 24.1 Å². The molecular formula is C32H47N3O7SSi. The zero-order valence-corrected chi connectivity index (χ0v) is 29.0. The summed E-state index contributed by atoms with van der Waals surface area (Å²) in [5, 5.41) is 13.4. The summed E-state index contributed by atoms with van der Waals surface area (Å²) in [6, 6.07) is 11.7. The van der Waals surface area contributed by atoms with Gasteiger partial charge in [0.05, 0.1) is 25.0 Å². The Morgan fingerprint density at radius 3 is 2.11 bits per heavy atom. The number of aliphatic hydroxyl groups is 1. The first-order chi connectivity index (χ1) is 20.5. The number of hydrogen-bond donors (Lipinski definition) is 3. The number of aromatic amines is 1. The van der Waals surface area contributed by atoms with Crippen molar-refractivity contribution < 1.29 is 32.2 Å². The van der Waals surface area contributed by atoms with Crippen LogP contribution in [0.15, 0.2) is 53.7 Å². The molecule has 2 aromatic heterocycles. The lowest BCUT2D eigenvalue weighted by molar-refractivity contribution is 0.0809. The van der Waals surface area contributed by atoms with Crippen molar-refractivity contribution in [3.63, 3.8) is 0 Å². The van der Waals surface area contributed by atoms with E-state index in [0.29, 0.717) is 50.8 Å². The van der Waals surface area contributed by atoms with Gasteiger partial charge < -0.3 is 29.3 Å². The number of hydrogen-bond acceptors (Lipinski definition) is 8. The van der Waals surface area contributed by atoms with Crippen molar-refractivity contribution in [2.45, 2.75) is 89.2 Å². The number of pyridine rings is 1. The number of sulfone groups is 1. The van der Waals surface area contributed by atoms with Gasteiger partial charge in [0, 0.05) is 30.1 Å². The van der Waals surface area contributed by atoms with Crippen molar-refractivity contribution in [2.75, 3.05) is 19.4 Å². The highest BCUT2D eigenvalue weighted by atomic mass is 32.2. The Labute approximate surface area is 262 Å². The van der Waals surface area contributed by atoms with Gasteiger partial charge in [-0.2, -0.15) is 0 Å². The number of carbonyl (C=O) groups is 1. The Morgan fingerprint density at radius 2 is 1.57 bits per heavy atom. The van der Waals surface area contributed by atoms with Crippen LogP contribution in [0.25, 0.3) is 11.3 Å². The molecule has 12 heteroatoms. The lowest BCUT2D eigenvalue weighted by Gasteiger charge is -2.42. The van der Waals surface area contributed by atoms with Crippen LogP contribution in [-0.2, 0) is 14.3 Å². The molecule has 2 heterocycles. The molecule has 242 valence electrons. The molecule has 3 aromatic rings. The van der Waals surface area contributed by atoms with E-state index in [-0.39, 0.29) is 30.2 Å². The first-order valence-electron chi connectivity index (χ1n) is 15.0. The fraction of sp³-hybridized carbons (Fsp3) is 0.500. The summed E-state index contributed by atoms with van der Waals surface area (Å²) in [5.74, 6) is 1.01. The summed E-state index contributed by atoms with van der Waals surface area (Å²) in [4.78, 5) is 20.1. The molecule has 0 bridgehead atoms. The Morgan fingerprint density at radius 1 is 0.932 bits per heavy atom. The Bertz CT molecular complexity index is 1480. The third-order valence-electron chi connectivity index (χ3n) is 7.55. The van der Waals surface area contributed by atoms with Crippen LogP contribution in [0.5, 0.6) is 17.2 Å². The van der Waals surface area contributed by atoms with Gasteiger partial charge >= 0.3 is 0 Å². The van der Waals surface area contributed by atoms with Gasteiger partial charge in [-0.1, -0.05) is 41.5 Å². The Kier molecular flexibility index (Phi) is 11.8. The number of aliphatic hydroxyl groups excluding tert-OH is 1. The van der Waals surface area contributed by atoms with Crippen LogP contribution < -0.4 is 14.8 Å². The van der Waals surface area contributed by atoms with E-state index in [0.717, 1.165) is 6.26 Å². The molecule has 0 saturated carbocycles. The number of aromatic nitrogens is 2. The minimum Gasteiger partial charge on any atom is -0.491 e. The second-order valence-electron chi connectivity index (χ2n) is 12.3. The number of benzene rings is 1. The minimum absolute atomic E-state index is 0.0451. The lowest BCUT2D eigenvalue weighted by atomic mass is 10.1. The first kappa shape index (κ1) is 35.3. The summed E-state index contributed by atoms with van der Waals surface area (Å²) < 4.78 is 41.8. The largest absolute Gasteiger partial charge is 0.491 e. The predicted octanol–water partition coefficient (Wildman–Crippen LogP) is 6.34. The molecule has 1 atom stereocenters. The number of amides is 1. The van der Waals surface area contributed by atoms with Crippen LogP contribution in [0.1, 0.15) is 65.9 Å². The summed E-state index contributed by atoms with van der Waals surface area (Å²) in [6.07, 6.45) is 1.51. The second-order valence-corrected chi connectivity index (χ2v) is 19.8. The summed E-state index contributed by atoms with van der Waals surface area (Å²) in [6.45, 7) is 17.2. The molecule has 0 unspecified atom stereocenters. The Hall–Kier alpha value is -3.19. The molecule has 0 aliphatic heterocycles. The van der Waals surface area contributed by atoms with Crippen LogP contribution in [0.4, 0.5) is 0 Å². The zero-order valence-electron chi connectivity index (χ0n) is 27.2. The molecule has 3 rings (SSSR count). The van der Waals surface area contributed by atoms with Gasteiger partial charge in [-0.3, -0.25) is 4.79 Å². The Balaban J connectivity index is 1.72. The van der Waals surface area contributed by atoms with E-state index in [4.69, 9.17) is 13.9 Å². The fourth-order valence-corrected chi connectivity index (χ4v) is 11.8. The fourth-order valence-electron chi connectivity index (χ4n) is 5.71. The number of nitrogens with one attached hydrogen (secondary N) is 2. The topological polar surface area (TPSA) is 140 Å². The van der Waals surface area contributed by atoms with Crippen LogP contribution >= 0.6 is 0 Å². The predicted molar refractivity (Wildman–Crippen MR) is 175 cm³/mol. The quantitative estimate of drug-likeness (QED) is 0.163. The molecule has 0 radical (unpaired) electrons. The molecule has 0 aliphatic carbocycles. The van der Waals surface area contributed by atoms with E-state index in [9.17, 15) is 18.3 Å². The standard InChI is InChI=1S/C32H47N3O7SSi/c1-20(2)41-27-14-24(15-28(16-27)42-26-10-13-31(33-18-26)43(9,38)39)29-11-12-30(35-29)32(37)34-17-25(36)19-40-44(21(3)4,22(5)6)23(7)8/h10-16,18,20-23,25,35-36H,17,19H2,1-9H3,(H,34,37)/t25-/m0/s1. The number of rotatable bonds is 15. The number of nitrogens with zero attached hydrogens (tertiary/aromatic N) is 1. The average Bonchev–Trinajstić information content (AvgIpc) is 3.41. The number of ether oxygens (including phenoxy) is 2. The molecule has 3 N–H and O–H groups in total. The smallest absolute Gasteiger partial charge is 0.267 e. The maximum absolute atomic E-state index is 13.0. The van der Waals surface area contributed by atoms with Gasteiger partial charge in [0.25, 0.3) is 5.91 Å². The second kappa shape index (κ2) is 14.7. The summed E-state index contributed by atoms with van der Waals surface area (Å²) in [7, 11) is -5.56. The number of H-pyrrole nitrogens is 1. The lowest BCUT2D eigenvalue weighted by Crippen LogP contribution is -2.50. The van der Waals surface area contributed by atoms with Crippen molar-refractivity contribution in [1.29, 1.82) is 0 Å². The molecule has 44 heavy (non-hydrogen) atoms. The molecule has 0 saturated heterocycles. The van der Waals surface area contributed by atoms with Gasteiger partial charge in [-0.05, 0) is 66.9 Å². The highest BCUT2D eigenvalue weighted by Gasteiger charge is 2.45. The maximum Gasteiger partial charge on any atom is 0.267 e. The minimum atomic E-state index is -3.43.